The average Bonchev–Trinajstić information content (AvgIpc) is 3.33. The zero-order valence-electron chi connectivity index (χ0n) is 20.1. The van der Waals surface area contributed by atoms with E-state index in [0.717, 1.165) is 6.42 Å². The van der Waals surface area contributed by atoms with E-state index >= 15 is 0 Å². The Balaban J connectivity index is 2.00. The van der Waals surface area contributed by atoms with Gasteiger partial charge in [-0.15, -0.1) is 24.9 Å². The summed E-state index contributed by atoms with van der Waals surface area (Å²) in [6, 6.07) is -0.673. The number of esters is 1. The van der Waals surface area contributed by atoms with Crippen LogP contribution in [0.15, 0.2) is 25.3 Å². The van der Waals surface area contributed by atoms with Crippen molar-refractivity contribution < 1.29 is 24.2 Å². The van der Waals surface area contributed by atoms with Crippen LogP contribution in [0, 0.1) is 11.8 Å². The van der Waals surface area contributed by atoms with Crippen molar-refractivity contribution in [1.82, 2.24) is 9.80 Å². The van der Waals surface area contributed by atoms with E-state index in [1.165, 1.54) is 0 Å². The zero-order valence-corrected chi connectivity index (χ0v) is 20.9. The molecule has 3 aliphatic rings. The fourth-order valence-electron chi connectivity index (χ4n) is 5.88. The highest BCUT2D eigenvalue weighted by Crippen LogP contribution is 2.71. The van der Waals surface area contributed by atoms with Gasteiger partial charge in [-0.05, 0) is 52.9 Å². The molecule has 2 amide bonds. The second-order valence-electron chi connectivity index (χ2n) is 9.81. The van der Waals surface area contributed by atoms with Crippen LogP contribution >= 0.6 is 11.8 Å². The molecule has 3 fully saturated rings. The van der Waals surface area contributed by atoms with E-state index in [9.17, 15) is 19.5 Å². The number of carbonyl (C=O) groups is 3. The number of likely N-dealkylation sites (tertiary alicyclic amines) is 1. The predicted molar refractivity (Wildman–Crippen MR) is 130 cm³/mol. The number of hydrogen-bond acceptors (Lipinski definition) is 6. The van der Waals surface area contributed by atoms with Gasteiger partial charge in [-0.1, -0.05) is 12.2 Å². The monoisotopic (exact) mass is 478 g/mol. The summed E-state index contributed by atoms with van der Waals surface area (Å²) in [7, 11) is 0. The Hall–Kier alpha value is -1.80. The van der Waals surface area contributed by atoms with Crippen LogP contribution in [0.4, 0.5) is 0 Å². The molecule has 0 aliphatic carbocycles. The van der Waals surface area contributed by atoms with Crippen molar-refractivity contribution in [3.05, 3.63) is 25.3 Å². The first-order valence-corrected chi connectivity index (χ1v) is 12.8. The smallest absolute Gasteiger partial charge is 0.311 e. The maximum absolute atomic E-state index is 14.0. The lowest BCUT2D eigenvalue weighted by Crippen LogP contribution is -2.56. The highest BCUT2D eigenvalue weighted by Gasteiger charge is 2.77. The number of fused-ring (bicyclic) bond motifs is 1. The van der Waals surface area contributed by atoms with Gasteiger partial charge >= 0.3 is 5.97 Å². The topological polar surface area (TPSA) is 87.1 Å². The molecule has 3 aliphatic heterocycles. The first kappa shape index (κ1) is 25.8. The fourth-order valence-corrected chi connectivity index (χ4v) is 8.22. The van der Waals surface area contributed by atoms with Crippen LogP contribution < -0.4 is 0 Å². The summed E-state index contributed by atoms with van der Waals surface area (Å²) in [4.78, 5) is 44.5. The minimum atomic E-state index is -0.640. The summed E-state index contributed by atoms with van der Waals surface area (Å²) in [6.45, 7) is 14.5. The van der Waals surface area contributed by atoms with Crippen LogP contribution in [-0.2, 0) is 19.1 Å². The van der Waals surface area contributed by atoms with Crippen molar-refractivity contribution in [3.8, 4) is 0 Å². The van der Waals surface area contributed by atoms with E-state index < -0.39 is 27.4 Å². The first-order chi connectivity index (χ1) is 15.7. The molecule has 0 radical (unpaired) electrons. The molecule has 1 spiro atoms. The maximum Gasteiger partial charge on any atom is 0.311 e. The molecule has 0 aromatic carbocycles. The number of aliphatic hydroxyl groups excluding tert-OH is 1. The number of nitrogens with zero attached hydrogens (tertiary/aromatic N) is 2. The van der Waals surface area contributed by atoms with Crippen molar-refractivity contribution >= 4 is 29.5 Å². The van der Waals surface area contributed by atoms with Gasteiger partial charge in [0.05, 0.1) is 23.2 Å². The molecule has 0 saturated carbocycles. The standard InChI is InChI=1S/C25H38N2O5S/c1-6-8-16-32-23(31)19-18-21(29)27(14-9-10-15-28)20(22(30)26(13-7-2)17(3)4)25(18)12-11-24(19,5)33-25/h6-7,17-20,28H,1-2,8-16H2,3-5H3/t18-,19-,20?,24+,25?/m0/s1. The Bertz CT molecular complexity index is 802. The molecule has 184 valence electrons. The number of rotatable bonds is 12. The Morgan fingerprint density at radius 3 is 2.64 bits per heavy atom. The lowest BCUT2D eigenvalue weighted by atomic mass is 9.66. The van der Waals surface area contributed by atoms with Gasteiger partial charge in [-0.3, -0.25) is 14.4 Å². The molecule has 33 heavy (non-hydrogen) atoms. The minimum Gasteiger partial charge on any atom is -0.465 e. The van der Waals surface area contributed by atoms with Gasteiger partial charge in [0.15, 0.2) is 0 Å². The summed E-state index contributed by atoms with van der Waals surface area (Å²) < 4.78 is 4.49. The zero-order chi connectivity index (χ0) is 24.4. The number of amides is 2. The normalized spacial score (nSPS) is 32.2. The Labute approximate surface area is 201 Å². The lowest BCUT2D eigenvalue weighted by Gasteiger charge is -2.38. The second kappa shape index (κ2) is 10.2. The van der Waals surface area contributed by atoms with E-state index in [0.29, 0.717) is 38.8 Å². The second-order valence-corrected chi connectivity index (χ2v) is 11.7. The van der Waals surface area contributed by atoms with E-state index in [1.807, 2.05) is 20.8 Å². The van der Waals surface area contributed by atoms with E-state index in [2.05, 4.69) is 13.2 Å². The Morgan fingerprint density at radius 1 is 1.30 bits per heavy atom. The van der Waals surface area contributed by atoms with Gasteiger partial charge in [0.2, 0.25) is 11.8 Å². The summed E-state index contributed by atoms with van der Waals surface area (Å²) in [5.41, 5.74) is 0. The van der Waals surface area contributed by atoms with Crippen LogP contribution in [0.5, 0.6) is 0 Å². The molecule has 3 rings (SSSR count). The molecule has 2 unspecified atom stereocenters. The number of hydrogen-bond donors (Lipinski definition) is 1. The van der Waals surface area contributed by atoms with Crippen molar-refractivity contribution in [2.75, 3.05) is 26.3 Å². The third-order valence-electron chi connectivity index (χ3n) is 7.37. The number of ether oxygens (including phenoxy) is 1. The Morgan fingerprint density at radius 2 is 2.03 bits per heavy atom. The van der Waals surface area contributed by atoms with Crippen molar-refractivity contribution in [2.24, 2.45) is 11.8 Å². The molecule has 2 bridgehead atoms. The van der Waals surface area contributed by atoms with Crippen LogP contribution in [0.25, 0.3) is 0 Å². The van der Waals surface area contributed by atoms with Gasteiger partial charge in [-0.2, -0.15) is 0 Å². The average molecular weight is 479 g/mol. The minimum absolute atomic E-state index is 0.0366. The summed E-state index contributed by atoms with van der Waals surface area (Å²) >= 11 is 1.65. The number of aliphatic hydroxyl groups is 1. The summed E-state index contributed by atoms with van der Waals surface area (Å²) in [6.07, 6.45) is 6.61. The van der Waals surface area contributed by atoms with Crippen molar-refractivity contribution in [1.29, 1.82) is 0 Å². The molecule has 8 heteroatoms. The van der Waals surface area contributed by atoms with Gasteiger partial charge in [0, 0.05) is 30.5 Å². The van der Waals surface area contributed by atoms with Gasteiger partial charge in [0.25, 0.3) is 0 Å². The molecular weight excluding hydrogens is 440 g/mol. The van der Waals surface area contributed by atoms with Gasteiger partial charge < -0.3 is 19.6 Å². The predicted octanol–water partition coefficient (Wildman–Crippen LogP) is 2.78. The molecule has 0 aromatic rings. The molecule has 7 nitrogen and oxygen atoms in total. The molecular formula is C25H38N2O5S. The fraction of sp³-hybridized carbons (Fsp3) is 0.720. The quantitative estimate of drug-likeness (QED) is 0.264. The highest BCUT2D eigenvalue weighted by molar-refractivity contribution is 8.02. The highest BCUT2D eigenvalue weighted by atomic mass is 32.2. The molecule has 1 N–H and O–H groups in total. The van der Waals surface area contributed by atoms with Crippen molar-refractivity contribution in [3.63, 3.8) is 0 Å². The molecule has 3 heterocycles. The van der Waals surface area contributed by atoms with E-state index in [4.69, 9.17) is 4.74 Å². The summed E-state index contributed by atoms with van der Waals surface area (Å²) in [5.74, 6) is -1.70. The third kappa shape index (κ3) is 4.36. The lowest BCUT2D eigenvalue weighted by molar-refractivity contribution is -0.155. The largest absolute Gasteiger partial charge is 0.465 e. The van der Waals surface area contributed by atoms with E-state index in [1.54, 1.807) is 33.7 Å². The van der Waals surface area contributed by atoms with Crippen LogP contribution in [0.3, 0.4) is 0 Å². The number of carbonyl (C=O) groups excluding carboxylic acids is 3. The van der Waals surface area contributed by atoms with E-state index in [-0.39, 0.29) is 37.0 Å². The first-order valence-electron chi connectivity index (χ1n) is 12.0. The van der Waals surface area contributed by atoms with Gasteiger partial charge in [-0.25, -0.2) is 0 Å². The third-order valence-corrected chi connectivity index (χ3v) is 9.36. The molecule has 3 saturated heterocycles. The Kier molecular flexibility index (Phi) is 7.99. The molecule has 5 atom stereocenters. The molecule has 0 aromatic heterocycles. The summed E-state index contributed by atoms with van der Waals surface area (Å²) in [5, 5.41) is 9.27. The van der Waals surface area contributed by atoms with Crippen LogP contribution in [-0.4, -0.2) is 80.6 Å². The number of unbranched alkanes of at least 4 members (excludes halogenated alkanes) is 1. The van der Waals surface area contributed by atoms with Gasteiger partial charge in [0.1, 0.15) is 6.04 Å². The van der Waals surface area contributed by atoms with Crippen LogP contribution in [0.2, 0.25) is 0 Å². The van der Waals surface area contributed by atoms with Crippen LogP contribution in [0.1, 0.15) is 52.9 Å². The van der Waals surface area contributed by atoms with Crippen molar-refractivity contribution in [2.45, 2.75) is 74.5 Å². The number of thioether (sulfide) groups is 1. The SMILES string of the molecule is C=CCCOC(=O)[C@@H]1[C@H]2C(=O)N(CCCCO)C(C(=O)N(CC=C)C(C)C)C23CC[C@@]1(C)S3. The maximum atomic E-state index is 14.0.